The van der Waals surface area contributed by atoms with Gasteiger partial charge in [-0.15, -0.1) is 11.3 Å². The molecule has 11 rings (SSSR count). The Morgan fingerprint density at radius 1 is 0.691 bits per heavy atom. The molecule has 68 heavy (non-hydrogen) atoms. The van der Waals surface area contributed by atoms with E-state index in [2.05, 4.69) is 151 Å². The molecule has 7 aromatic carbocycles. The maximum Gasteiger partial charge on any atom is 0.407 e. The molecule has 0 fully saturated rings. The third-order valence-electron chi connectivity index (χ3n) is 12.3. The number of rotatable bonds is 14. The Labute approximate surface area is 419 Å². The van der Waals surface area contributed by atoms with Crippen LogP contribution in [0.15, 0.2) is 202 Å². The molecular weight excluding hydrogens is 959 g/mol. The fourth-order valence-electron chi connectivity index (χ4n) is 8.71. The van der Waals surface area contributed by atoms with Crippen LogP contribution in [0.5, 0.6) is 0 Å². The van der Waals surface area contributed by atoms with E-state index in [-0.39, 0.29) is 19.8 Å². The first kappa shape index (κ1) is 44.9. The summed E-state index contributed by atoms with van der Waals surface area (Å²) < 4.78 is 15.7. The SMILES string of the molecule is C=CC(=O)OCCNC(=O)OCC(CC)(CSc1nc2ccccc2s1)Cn1c2ccc(-c3cccc4c3Sc3ccccc3S4)cc2c2cc(-c3cccc4c3Sc3ccccc3S4)ccc21. The molecule has 2 aliphatic rings. The number of amides is 1. The number of benzene rings is 7. The van der Waals surface area contributed by atoms with Gasteiger partial charge in [-0.1, -0.05) is 145 Å². The van der Waals surface area contributed by atoms with Gasteiger partial charge >= 0.3 is 12.1 Å². The summed E-state index contributed by atoms with van der Waals surface area (Å²) in [6.45, 7) is 6.51. The van der Waals surface area contributed by atoms with Crippen molar-refractivity contribution in [3.63, 3.8) is 0 Å². The van der Waals surface area contributed by atoms with E-state index < -0.39 is 17.5 Å². The number of nitrogens with one attached hydrogen (secondary N) is 1. The van der Waals surface area contributed by atoms with Crippen LogP contribution in [-0.2, 0) is 20.8 Å². The van der Waals surface area contributed by atoms with E-state index >= 15 is 0 Å². The molecule has 1 amide bonds. The number of nitrogens with zero attached hydrogens (tertiary/aromatic N) is 2. The Morgan fingerprint density at radius 3 is 1.82 bits per heavy atom. The number of aromatic nitrogens is 2. The smallest absolute Gasteiger partial charge is 0.407 e. The second-order valence-electron chi connectivity index (χ2n) is 16.6. The molecule has 0 aliphatic carbocycles. The first-order chi connectivity index (χ1) is 33.3. The lowest BCUT2D eigenvalue weighted by atomic mass is 9.88. The summed E-state index contributed by atoms with van der Waals surface area (Å²) in [5.74, 6) is 0.116. The van der Waals surface area contributed by atoms with Crippen LogP contribution >= 0.6 is 70.1 Å². The number of esters is 1. The Bertz CT molecular complexity index is 3250. The number of carbonyl (C=O) groups is 2. The lowest BCUT2D eigenvalue weighted by Gasteiger charge is -2.33. The predicted molar refractivity (Wildman–Crippen MR) is 283 cm³/mol. The first-order valence-corrected chi connectivity index (χ1v) is 27.3. The van der Waals surface area contributed by atoms with Gasteiger partial charge in [-0.25, -0.2) is 14.6 Å². The van der Waals surface area contributed by atoms with E-state index in [0.29, 0.717) is 12.3 Å². The normalized spacial score (nSPS) is 13.5. The molecule has 9 aromatic rings. The third kappa shape index (κ3) is 8.96. The number of fused-ring (bicyclic) bond motifs is 8. The van der Waals surface area contributed by atoms with E-state index in [9.17, 15) is 9.59 Å². The number of hydrogen-bond donors (Lipinski definition) is 1. The van der Waals surface area contributed by atoms with Gasteiger partial charge in [0.25, 0.3) is 0 Å². The number of hydrogen-bond acceptors (Lipinski definition) is 11. The van der Waals surface area contributed by atoms with Gasteiger partial charge in [-0.2, -0.15) is 0 Å². The number of para-hydroxylation sites is 1. The highest BCUT2D eigenvalue weighted by atomic mass is 32.2. The number of carbonyl (C=O) groups excluding carboxylic acids is 2. The zero-order valence-corrected chi connectivity index (χ0v) is 41.8. The van der Waals surface area contributed by atoms with Gasteiger partial charge in [0.2, 0.25) is 0 Å². The molecule has 0 radical (unpaired) electrons. The maximum absolute atomic E-state index is 13.3. The summed E-state index contributed by atoms with van der Waals surface area (Å²) in [5.41, 5.74) is 7.46. The zero-order chi connectivity index (χ0) is 46.2. The number of thioether (sulfide) groups is 1. The molecule has 0 bridgehead atoms. The van der Waals surface area contributed by atoms with E-state index in [1.165, 1.54) is 72.2 Å². The van der Waals surface area contributed by atoms with Crippen LogP contribution < -0.4 is 5.32 Å². The van der Waals surface area contributed by atoms with E-state index in [1.54, 1.807) is 23.1 Å². The summed E-state index contributed by atoms with van der Waals surface area (Å²) in [6, 6.07) is 52.7. The lowest BCUT2D eigenvalue weighted by Crippen LogP contribution is -2.38. The highest BCUT2D eigenvalue weighted by molar-refractivity contribution is 8.05. The zero-order valence-electron chi connectivity index (χ0n) is 36.9. The van der Waals surface area contributed by atoms with Crippen molar-refractivity contribution >= 4 is 114 Å². The second-order valence-corrected chi connectivity index (χ2v) is 23.1. The topological polar surface area (TPSA) is 82.4 Å². The van der Waals surface area contributed by atoms with Gasteiger partial charge in [-0.3, -0.25) is 0 Å². The van der Waals surface area contributed by atoms with Gasteiger partial charge in [0, 0.05) is 84.8 Å². The average Bonchev–Trinajstić information content (AvgIpc) is 3.94. The van der Waals surface area contributed by atoms with Gasteiger partial charge in [0.05, 0.1) is 16.8 Å². The molecule has 1 unspecified atom stereocenters. The lowest BCUT2D eigenvalue weighted by molar-refractivity contribution is -0.137. The molecule has 1 atom stereocenters. The quantitative estimate of drug-likeness (QED) is 0.0492. The first-order valence-electron chi connectivity index (χ1n) is 22.3. The van der Waals surface area contributed by atoms with Crippen LogP contribution in [0.25, 0.3) is 54.3 Å². The van der Waals surface area contributed by atoms with Gasteiger partial charge in [0.1, 0.15) is 13.2 Å². The minimum absolute atomic E-state index is 0.0187. The molecule has 0 spiro atoms. The Hall–Kier alpha value is -5.54. The highest BCUT2D eigenvalue weighted by Gasteiger charge is 2.34. The van der Waals surface area contributed by atoms with Crippen molar-refractivity contribution in [3.05, 3.63) is 158 Å². The summed E-state index contributed by atoms with van der Waals surface area (Å²) in [6.07, 6.45) is 1.27. The molecule has 338 valence electrons. The summed E-state index contributed by atoms with van der Waals surface area (Å²) in [5, 5.41) is 5.10. The molecule has 2 aromatic heterocycles. The van der Waals surface area contributed by atoms with Crippen LogP contribution in [0.4, 0.5) is 4.79 Å². The average molecular weight is 1000 g/mol. The van der Waals surface area contributed by atoms with Crippen LogP contribution in [-0.4, -0.2) is 47.1 Å². The monoisotopic (exact) mass is 1000 g/mol. The fourth-order valence-corrected chi connectivity index (χ4v) is 15.9. The summed E-state index contributed by atoms with van der Waals surface area (Å²) >= 11 is 10.8. The minimum Gasteiger partial charge on any atom is -0.461 e. The van der Waals surface area contributed by atoms with Gasteiger partial charge in [-0.05, 0) is 101 Å². The van der Waals surface area contributed by atoms with Crippen molar-refractivity contribution < 1.29 is 19.1 Å². The standard InChI is InChI=1S/C55H43N3O4S6/c1-3-50(59)61-28-27-56-53(60)62-32-55(4-2,33-63-54-57-40-15-5-6-16-43(40)68-54)31-58-41-25-23-34(36-13-11-21-48-51(36)66-46-19-9-7-17-44(46)64-48)29-38(41)39-30-35(24-26-42(39)58)37-14-12-22-49-52(37)67-47-20-10-8-18-45(47)65-49/h3,5-26,29-30H,1,4,27-28,31-33H2,2H3,(H,56,60). The number of ether oxygens (including phenoxy) is 2. The molecule has 2 aliphatic heterocycles. The third-order valence-corrected chi connectivity index (χ3v) is 20.1. The van der Waals surface area contributed by atoms with E-state index in [4.69, 9.17) is 14.5 Å². The van der Waals surface area contributed by atoms with Gasteiger partial charge < -0.3 is 19.4 Å². The minimum atomic E-state index is -0.561. The maximum atomic E-state index is 13.3. The fraction of sp³-hybridized carbons (Fsp3) is 0.145. The van der Waals surface area contributed by atoms with Crippen molar-refractivity contribution in [1.82, 2.24) is 14.9 Å². The van der Waals surface area contributed by atoms with Gasteiger partial charge in [0.15, 0.2) is 4.34 Å². The molecule has 13 heteroatoms. The molecule has 7 nitrogen and oxygen atoms in total. The van der Waals surface area contributed by atoms with Crippen molar-refractivity contribution in [2.75, 3.05) is 25.5 Å². The summed E-state index contributed by atoms with van der Waals surface area (Å²) in [4.78, 5) is 40.1. The van der Waals surface area contributed by atoms with Crippen molar-refractivity contribution in [2.45, 2.75) is 63.4 Å². The van der Waals surface area contributed by atoms with Crippen molar-refractivity contribution in [3.8, 4) is 22.3 Å². The highest BCUT2D eigenvalue weighted by Crippen LogP contribution is 2.54. The van der Waals surface area contributed by atoms with Crippen LogP contribution in [0.2, 0.25) is 0 Å². The predicted octanol–water partition coefficient (Wildman–Crippen LogP) is 15.6. The Balaban J connectivity index is 1.01. The second kappa shape index (κ2) is 19.5. The van der Waals surface area contributed by atoms with E-state index in [0.717, 1.165) is 38.1 Å². The summed E-state index contributed by atoms with van der Waals surface area (Å²) in [7, 11) is 0. The van der Waals surface area contributed by atoms with Crippen LogP contribution in [0.3, 0.4) is 0 Å². The van der Waals surface area contributed by atoms with Crippen molar-refractivity contribution in [1.29, 1.82) is 0 Å². The van der Waals surface area contributed by atoms with Crippen molar-refractivity contribution in [2.24, 2.45) is 5.41 Å². The number of thiazole rings is 1. The molecule has 0 saturated carbocycles. The molecule has 1 N–H and O–H groups in total. The number of alkyl carbamates (subject to hydrolysis) is 1. The Kier molecular flexibility index (Phi) is 12.9. The molecule has 4 heterocycles. The molecular formula is C55H43N3O4S6. The molecule has 0 saturated heterocycles. The van der Waals surface area contributed by atoms with Crippen LogP contribution in [0.1, 0.15) is 13.3 Å². The van der Waals surface area contributed by atoms with E-state index in [1.807, 2.05) is 65.2 Å². The Morgan fingerprint density at radius 2 is 1.25 bits per heavy atom. The van der Waals surface area contributed by atoms with Crippen LogP contribution in [0, 0.1) is 5.41 Å². The largest absolute Gasteiger partial charge is 0.461 e.